The molecule has 1 N–H and O–H groups in total. The number of rotatable bonds is 8. The lowest BCUT2D eigenvalue weighted by Gasteiger charge is -2.15. The summed E-state index contributed by atoms with van der Waals surface area (Å²) in [7, 11) is 4.71. The lowest BCUT2D eigenvalue weighted by Crippen LogP contribution is -2.23. The van der Waals surface area contributed by atoms with Crippen LogP contribution in [0.4, 0.5) is 4.39 Å². The fourth-order valence-electron chi connectivity index (χ4n) is 2.44. The van der Waals surface area contributed by atoms with E-state index in [0.29, 0.717) is 30.2 Å². The van der Waals surface area contributed by atoms with Crippen LogP contribution in [-0.4, -0.2) is 33.8 Å². The van der Waals surface area contributed by atoms with Crippen LogP contribution in [0.2, 0.25) is 0 Å². The fraction of sp³-hybridized carbons (Fsp3) is 0.250. The summed E-state index contributed by atoms with van der Waals surface area (Å²) in [6.45, 7) is 0.408. The Kier molecular flexibility index (Phi) is 7.02. The van der Waals surface area contributed by atoms with Gasteiger partial charge in [-0.25, -0.2) is 4.39 Å². The number of amides is 1. The minimum atomic E-state index is -0.311. The standard InChI is InChI=1S/C20H22FNO4/c1-24-16-12-18(25-2)17(19(13-16)26-3)10-11-22-20(23)9-6-14-4-7-15(21)8-5-14/h4-9,12-13H,10-11H2,1-3H3,(H,22,23)/b9-6+. The Hall–Kier alpha value is -3.02. The van der Waals surface area contributed by atoms with Crippen molar-refractivity contribution in [1.82, 2.24) is 5.32 Å². The average molecular weight is 359 g/mol. The van der Waals surface area contributed by atoms with E-state index in [1.807, 2.05) is 0 Å². The molecule has 1 amide bonds. The average Bonchev–Trinajstić information content (AvgIpc) is 2.67. The van der Waals surface area contributed by atoms with Gasteiger partial charge in [-0.3, -0.25) is 4.79 Å². The minimum absolute atomic E-state index is 0.235. The predicted molar refractivity (Wildman–Crippen MR) is 98.2 cm³/mol. The van der Waals surface area contributed by atoms with Gasteiger partial charge in [-0.2, -0.15) is 0 Å². The molecule has 0 fully saturated rings. The molecule has 2 aromatic carbocycles. The van der Waals surface area contributed by atoms with Gasteiger partial charge in [0, 0.05) is 30.3 Å². The highest BCUT2D eigenvalue weighted by molar-refractivity contribution is 5.91. The molecule has 0 unspecified atom stereocenters. The Morgan fingerprint density at radius 2 is 1.65 bits per heavy atom. The zero-order chi connectivity index (χ0) is 18.9. The molecular weight excluding hydrogens is 337 g/mol. The highest BCUT2D eigenvalue weighted by Gasteiger charge is 2.13. The normalized spacial score (nSPS) is 10.6. The smallest absolute Gasteiger partial charge is 0.244 e. The minimum Gasteiger partial charge on any atom is -0.496 e. The Balaban J connectivity index is 1.96. The molecule has 0 spiro atoms. The van der Waals surface area contributed by atoms with E-state index < -0.39 is 0 Å². The van der Waals surface area contributed by atoms with Crippen LogP contribution in [0.25, 0.3) is 6.08 Å². The van der Waals surface area contributed by atoms with Crippen molar-refractivity contribution in [2.75, 3.05) is 27.9 Å². The van der Waals surface area contributed by atoms with Crippen LogP contribution in [0.3, 0.4) is 0 Å². The summed E-state index contributed by atoms with van der Waals surface area (Å²) in [6.07, 6.45) is 3.57. The molecule has 0 aliphatic rings. The van der Waals surface area contributed by atoms with E-state index in [1.165, 1.54) is 18.2 Å². The Morgan fingerprint density at radius 3 is 2.19 bits per heavy atom. The second-order valence-corrected chi connectivity index (χ2v) is 5.44. The van der Waals surface area contributed by atoms with Crippen molar-refractivity contribution in [3.05, 3.63) is 59.4 Å². The number of nitrogens with one attached hydrogen (secondary N) is 1. The van der Waals surface area contributed by atoms with Gasteiger partial charge in [0.2, 0.25) is 5.91 Å². The lowest BCUT2D eigenvalue weighted by molar-refractivity contribution is -0.116. The number of methoxy groups -OCH3 is 3. The number of carbonyl (C=O) groups is 1. The predicted octanol–water partition coefficient (Wildman–Crippen LogP) is 3.22. The van der Waals surface area contributed by atoms with Crippen molar-refractivity contribution in [3.8, 4) is 17.2 Å². The summed E-state index contributed by atoms with van der Waals surface area (Å²) in [4.78, 5) is 11.9. The lowest BCUT2D eigenvalue weighted by atomic mass is 10.1. The summed E-state index contributed by atoms with van der Waals surface area (Å²) in [5.74, 6) is 1.36. The molecule has 26 heavy (non-hydrogen) atoms. The van der Waals surface area contributed by atoms with Crippen LogP contribution in [0, 0.1) is 5.82 Å². The number of carbonyl (C=O) groups excluding carboxylic acids is 1. The van der Waals surface area contributed by atoms with Crippen LogP contribution in [0.1, 0.15) is 11.1 Å². The van der Waals surface area contributed by atoms with Crippen LogP contribution < -0.4 is 19.5 Å². The summed E-state index contributed by atoms with van der Waals surface area (Å²) in [6, 6.07) is 9.44. The number of halogens is 1. The zero-order valence-corrected chi connectivity index (χ0v) is 15.0. The van der Waals surface area contributed by atoms with E-state index in [0.717, 1.165) is 11.1 Å². The van der Waals surface area contributed by atoms with Crippen molar-refractivity contribution in [1.29, 1.82) is 0 Å². The number of ether oxygens (including phenoxy) is 3. The summed E-state index contributed by atoms with van der Waals surface area (Å²) in [5, 5.41) is 2.80. The Labute approximate surface area is 152 Å². The van der Waals surface area contributed by atoms with Crippen molar-refractivity contribution < 1.29 is 23.4 Å². The highest BCUT2D eigenvalue weighted by atomic mass is 19.1. The van der Waals surface area contributed by atoms with Crippen LogP contribution in [-0.2, 0) is 11.2 Å². The molecule has 0 bridgehead atoms. The summed E-state index contributed by atoms with van der Waals surface area (Å²) in [5.41, 5.74) is 1.60. The Morgan fingerprint density at radius 1 is 1.04 bits per heavy atom. The molecule has 138 valence electrons. The molecule has 6 heteroatoms. The van der Waals surface area contributed by atoms with E-state index in [2.05, 4.69) is 5.32 Å². The van der Waals surface area contributed by atoms with E-state index >= 15 is 0 Å². The molecule has 0 atom stereocenters. The first kappa shape index (κ1) is 19.3. The van der Waals surface area contributed by atoms with Gasteiger partial charge in [-0.1, -0.05) is 12.1 Å². The van der Waals surface area contributed by atoms with Gasteiger partial charge in [0.15, 0.2) is 0 Å². The number of benzene rings is 2. The Bertz CT molecular complexity index is 747. The quantitative estimate of drug-likeness (QED) is 0.736. The highest BCUT2D eigenvalue weighted by Crippen LogP contribution is 2.34. The third kappa shape index (κ3) is 5.24. The first-order valence-electron chi connectivity index (χ1n) is 8.07. The molecule has 0 saturated heterocycles. The molecule has 0 aromatic heterocycles. The van der Waals surface area contributed by atoms with Gasteiger partial charge in [0.25, 0.3) is 0 Å². The van der Waals surface area contributed by atoms with Gasteiger partial charge >= 0.3 is 0 Å². The van der Waals surface area contributed by atoms with Gasteiger partial charge in [-0.05, 0) is 30.2 Å². The first-order chi connectivity index (χ1) is 12.6. The van der Waals surface area contributed by atoms with Crippen LogP contribution in [0.5, 0.6) is 17.2 Å². The maximum atomic E-state index is 12.9. The summed E-state index contributed by atoms with van der Waals surface area (Å²) >= 11 is 0. The second-order valence-electron chi connectivity index (χ2n) is 5.44. The third-order valence-corrected chi connectivity index (χ3v) is 3.79. The fourth-order valence-corrected chi connectivity index (χ4v) is 2.44. The maximum Gasteiger partial charge on any atom is 0.244 e. The molecule has 0 heterocycles. The topological polar surface area (TPSA) is 56.8 Å². The van der Waals surface area contributed by atoms with Crippen LogP contribution in [0.15, 0.2) is 42.5 Å². The van der Waals surface area contributed by atoms with E-state index in [1.54, 1.807) is 51.7 Å². The van der Waals surface area contributed by atoms with Crippen molar-refractivity contribution in [2.24, 2.45) is 0 Å². The zero-order valence-electron chi connectivity index (χ0n) is 15.0. The maximum absolute atomic E-state index is 12.9. The molecule has 0 aliphatic carbocycles. The monoisotopic (exact) mass is 359 g/mol. The molecule has 0 aliphatic heterocycles. The third-order valence-electron chi connectivity index (χ3n) is 3.79. The van der Waals surface area contributed by atoms with Gasteiger partial charge < -0.3 is 19.5 Å². The molecule has 0 radical (unpaired) electrons. The second kappa shape index (κ2) is 9.46. The molecular formula is C20H22FNO4. The SMILES string of the molecule is COc1cc(OC)c(CCNC(=O)/C=C/c2ccc(F)cc2)c(OC)c1. The van der Waals surface area contributed by atoms with Gasteiger partial charge in [-0.15, -0.1) is 0 Å². The number of hydrogen-bond donors (Lipinski definition) is 1. The first-order valence-corrected chi connectivity index (χ1v) is 8.07. The molecule has 5 nitrogen and oxygen atoms in total. The van der Waals surface area contributed by atoms with Crippen molar-refractivity contribution in [3.63, 3.8) is 0 Å². The summed E-state index contributed by atoms with van der Waals surface area (Å²) < 4.78 is 28.8. The number of hydrogen-bond acceptors (Lipinski definition) is 4. The molecule has 0 saturated carbocycles. The van der Waals surface area contributed by atoms with E-state index in [-0.39, 0.29) is 11.7 Å². The van der Waals surface area contributed by atoms with Crippen molar-refractivity contribution >= 4 is 12.0 Å². The van der Waals surface area contributed by atoms with Crippen LogP contribution >= 0.6 is 0 Å². The largest absolute Gasteiger partial charge is 0.496 e. The van der Waals surface area contributed by atoms with Crippen molar-refractivity contribution in [2.45, 2.75) is 6.42 Å². The molecule has 2 aromatic rings. The van der Waals surface area contributed by atoms with Gasteiger partial charge in [0.05, 0.1) is 21.3 Å². The van der Waals surface area contributed by atoms with E-state index in [4.69, 9.17) is 14.2 Å². The van der Waals surface area contributed by atoms with Gasteiger partial charge in [0.1, 0.15) is 23.1 Å². The van der Waals surface area contributed by atoms with E-state index in [9.17, 15) is 9.18 Å². The molecule has 2 rings (SSSR count).